The maximum Gasteiger partial charge on any atom is 0.447 e. The molecule has 2 heterocycles. The van der Waals surface area contributed by atoms with Crippen molar-refractivity contribution in [1.82, 2.24) is 14.2 Å². The van der Waals surface area contributed by atoms with Crippen LogP contribution >= 0.6 is 35.6 Å². The molecule has 0 saturated carbocycles. The van der Waals surface area contributed by atoms with Gasteiger partial charge in [0, 0.05) is 10.6 Å². The van der Waals surface area contributed by atoms with E-state index in [4.69, 9.17) is 28.3 Å². The van der Waals surface area contributed by atoms with Crippen LogP contribution in [0.2, 0.25) is 5.02 Å². The van der Waals surface area contributed by atoms with Crippen molar-refractivity contribution in [2.45, 2.75) is 31.3 Å². The van der Waals surface area contributed by atoms with E-state index in [2.05, 4.69) is 0 Å². The first-order chi connectivity index (χ1) is 14.6. The van der Waals surface area contributed by atoms with E-state index < -0.39 is 34.0 Å². The first-order valence-corrected chi connectivity index (χ1v) is 10.7. The van der Waals surface area contributed by atoms with Crippen LogP contribution in [-0.4, -0.2) is 23.3 Å². The summed E-state index contributed by atoms with van der Waals surface area (Å²) in [6.07, 6.45) is -0.891. The molecule has 1 aliphatic rings. The topological polar surface area (TPSA) is 60.4 Å². The molecule has 1 saturated heterocycles. The number of hydrogen-bond donors (Lipinski definition) is 0. The molecule has 1 aliphatic heterocycles. The Bertz CT molecular complexity index is 1260. The molecule has 6 nitrogen and oxygen atoms in total. The average molecular weight is 484 g/mol. The van der Waals surface area contributed by atoms with Gasteiger partial charge in [0.05, 0.1) is 17.0 Å². The van der Waals surface area contributed by atoms with Gasteiger partial charge in [-0.05, 0) is 50.2 Å². The zero-order valence-electron chi connectivity index (χ0n) is 16.3. The molecule has 162 valence electrons. The average Bonchev–Trinajstić information content (AvgIpc) is 3.09. The summed E-state index contributed by atoms with van der Waals surface area (Å²) in [4.78, 5) is 27.2. The first kappa shape index (κ1) is 21.8. The number of rotatable bonds is 4. The summed E-state index contributed by atoms with van der Waals surface area (Å²) in [7, 11) is 0. The van der Waals surface area contributed by atoms with E-state index in [1.807, 2.05) is 0 Å². The Balaban J connectivity index is 1.82. The predicted molar refractivity (Wildman–Crippen MR) is 119 cm³/mol. The fraction of sp³-hybridized carbons (Fsp3) is 0.250. The first-order valence-electron chi connectivity index (χ1n) is 9.13. The minimum atomic E-state index is -0.900. The van der Waals surface area contributed by atoms with Crippen molar-refractivity contribution in [2.75, 3.05) is 0 Å². The molecular weight excluding hydrogens is 468 g/mol. The van der Waals surface area contributed by atoms with Crippen molar-refractivity contribution in [1.29, 1.82) is 0 Å². The fourth-order valence-corrected chi connectivity index (χ4v) is 5.52. The Morgan fingerprint density at radius 2 is 1.74 bits per heavy atom. The number of thioether (sulfide) groups is 1. The van der Waals surface area contributed by atoms with Crippen LogP contribution in [-0.2, 0) is 6.54 Å². The van der Waals surface area contributed by atoms with Gasteiger partial charge in [-0.1, -0.05) is 41.6 Å². The number of hydrogen-bond acceptors (Lipinski definition) is 5. The maximum atomic E-state index is 14.3. The zero-order valence-corrected chi connectivity index (χ0v) is 18.7. The second-order valence-corrected chi connectivity index (χ2v) is 10.2. The van der Waals surface area contributed by atoms with Crippen LogP contribution in [0.5, 0.6) is 0 Å². The lowest BCUT2D eigenvalue weighted by molar-refractivity contribution is 0.0853. The molecule has 3 aromatic rings. The van der Waals surface area contributed by atoms with E-state index >= 15 is 0 Å². The van der Waals surface area contributed by atoms with E-state index in [9.17, 15) is 18.4 Å². The van der Waals surface area contributed by atoms with Crippen LogP contribution in [0.1, 0.15) is 25.6 Å². The van der Waals surface area contributed by atoms with E-state index in [-0.39, 0.29) is 17.8 Å². The summed E-state index contributed by atoms with van der Waals surface area (Å²) in [5.74, 6) is -2.37. The Labute approximate surface area is 190 Å². The van der Waals surface area contributed by atoms with Crippen molar-refractivity contribution in [3.8, 4) is 5.69 Å². The van der Waals surface area contributed by atoms with Gasteiger partial charge >= 0.3 is 11.4 Å². The molecule has 0 bridgehead atoms. The normalized spacial score (nSPS) is 18.0. The molecule has 0 unspecified atom stereocenters. The quantitative estimate of drug-likeness (QED) is 0.515. The highest BCUT2D eigenvalue weighted by atomic mass is 35.5. The van der Waals surface area contributed by atoms with Gasteiger partial charge in [0.25, 0.3) is 0 Å². The summed E-state index contributed by atoms with van der Waals surface area (Å²) in [5, 5.41) is 0.442. The van der Waals surface area contributed by atoms with Crippen LogP contribution < -0.4 is 11.4 Å². The maximum absolute atomic E-state index is 14.3. The second kappa shape index (κ2) is 7.92. The molecule has 11 heteroatoms. The van der Waals surface area contributed by atoms with E-state index in [0.29, 0.717) is 9.34 Å². The zero-order chi connectivity index (χ0) is 22.5. The monoisotopic (exact) mass is 483 g/mol. The lowest BCUT2D eigenvalue weighted by Crippen LogP contribution is -2.42. The Kier molecular flexibility index (Phi) is 5.57. The van der Waals surface area contributed by atoms with Gasteiger partial charge < -0.3 is 9.42 Å². The van der Waals surface area contributed by atoms with Crippen LogP contribution in [0.4, 0.5) is 8.78 Å². The van der Waals surface area contributed by atoms with Crippen LogP contribution in [0.15, 0.2) is 56.6 Å². The van der Waals surface area contributed by atoms with Crippen molar-refractivity contribution in [3.63, 3.8) is 0 Å². The van der Waals surface area contributed by atoms with Gasteiger partial charge in [0.1, 0.15) is 16.0 Å². The number of benzene rings is 2. The number of halogens is 3. The summed E-state index contributed by atoms with van der Waals surface area (Å²) in [6, 6.07) is 9.66. The van der Waals surface area contributed by atoms with Gasteiger partial charge in [-0.2, -0.15) is 4.57 Å². The number of aromatic nitrogens is 2. The van der Waals surface area contributed by atoms with Crippen molar-refractivity contribution >= 4 is 39.9 Å². The van der Waals surface area contributed by atoms with Gasteiger partial charge in [0.15, 0.2) is 6.17 Å². The van der Waals surface area contributed by atoms with Crippen molar-refractivity contribution in [3.05, 3.63) is 85.7 Å². The molecule has 1 aromatic heterocycles. The van der Waals surface area contributed by atoms with E-state index in [1.54, 1.807) is 13.8 Å². The summed E-state index contributed by atoms with van der Waals surface area (Å²) < 4.78 is 35.2. The van der Waals surface area contributed by atoms with Crippen molar-refractivity contribution < 1.29 is 13.3 Å². The van der Waals surface area contributed by atoms with Gasteiger partial charge in [-0.15, -0.1) is 4.74 Å². The molecule has 0 N–H and O–H groups in total. The molecule has 1 atom stereocenters. The lowest BCUT2D eigenvalue weighted by atomic mass is 10.1. The molecule has 31 heavy (non-hydrogen) atoms. The third kappa shape index (κ3) is 3.83. The smallest absolute Gasteiger partial charge is 0.328 e. The molecule has 4 rings (SSSR count). The van der Waals surface area contributed by atoms with Gasteiger partial charge in [-0.25, -0.2) is 18.4 Å². The van der Waals surface area contributed by atoms with Crippen LogP contribution in [0.25, 0.3) is 5.69 Å². The molecular formula is C20H16ClF2N3O3S2. The summed E-state index contributed by atoms with van der Waals surface area (Å²) >= 11 is 12.6. The number of thiocarbonyl (C=S) groups is 1. The molecule has 0 spiro atoms. The predicted octanol–water partition coefficient (Wildman–Crippen LogP) is 4.33. The third-order valence-corrected chi connectivity index (χ3v) is 6.82. The fourth-order valence-electron chi connectivity index (χ4n) is 3.53. The van der Waals surface area contributed by atoms with Gasteiger partial charge in [-0.3, -0.25) is 0 Å². The SMILES string of the molecule is CC1(C)SC(=S)N(Cc2c(F)cccc2F)[C@H]1n1oc(=O)n(-c2ccc(Cl)cc2)c1=O. The Morgan fingerprint density at radius 3 is 2.35 bits per heavy atom. The van der Waals surface area contributed by atoms with E-state index in [1.165, 1.54) is 47.0 Å². The van der Waals surface area contributed by atoms with Crippen LogP contribution in [0, 0.1) is 11.6 Å². The minimum absolute atomic E-state index is 0.194. The largest absolute Gasteiger partial charge is 0.447 e. The summed E-state index contributed by atoms with van der Waals surface area (Å²) in [6.45, 7) is 3.37. The molecule has 0 aliphatic carbocycles. The minimum Gasteiger partial charge on any atom is -0.328 e. The standard InChI is InChI=1S/C20H16ClF2N3O3S2/c1-20(2)16(24(19(30)31-20)10-13-14(22)4-3-5-15(13)23)26-17(27)25(18(28)29-26)12-8-6-11(21)7-9-12/h3-9,16H,10H2,1-2H3/t16-/m0/s1. The molecule has 0 radical (unpaired) electrons. The molecule has 1 fully saturated rings. The third-order valence-electron chi connectivity index (χ3n) is 4.94. The van der Waals surface area contributed by atoms with Crippen molar-refractivity contribution in [2.24, 2.45) is 0 Å². The van der Waals surface area contributed by atoms with E-state index in [0.717, 1.165) is 21.4 Å². The highest BCUT2D eigenvalue weighted by Crippen LogP contribution is 2.47. The molecule has 0 amide bonds. The number of nitrogens with zero attached hydrogens (tertiary/aromatic N) is 3. The van der Waals surface area contributed by atoms with Crippen LogP contribution in [0.3, 0.4) is 0 Å². The highest BCUT2D eigenvalue weighted by Gasteiger charge is 2.48. The van der Waals surface area contributed by atoms with Gasteiger partial charge in [0.2, 0.25) is 0 Å². The highest BCUT2D eigenvalue weighted by molar-refractivity contribution is 8.24. The lowest BCUT2D eigenvalue weighted by Gasteiger charge is -2.30. The Hall–Kier alpha value is -2.43. The Morgan fingerprint density at radius 1 is 1.13 bits per heavy atom. The summed E-state index contributed by atoms with van der Waals surface area (Å²) in [5.41, 5.74) is -0.657. The second-order valence-electron chi connectivity index (χ2n) is 7.45. The molecule has 2 aromatic carbocycles.